The molecule has 0 bridgehead atoms. The van der Waals surface area contributed by atoms with Crippen LogP contribution in [0, 0.1) is 5.82 Å². The fourth-order valence-corrected chi connectivity index (χ4v) is 3.57. The summed E-state index contributed by atoms with van der Waals surface area (Å²) >= 11 is 0. The maximum atomic E-state index is 13.7. The second-order valence-corrected chi connectivity index (χ2v) is 6.48. The van der Waals surface area contributed by atoms with Gasteiger partial charge in [-0.05, 0) is 43.0 Å². The molecule has 1 aliphatic heterocycles. The van der Waals surface area contributed by atoms with E-state index in [0.29, 0.717) is 18.4 Å². The molecule has 1 N–H and O–H groups in total. The number of para-hydroxylation sites is 2. The van der Waals surface area contributed by atoms with Crippen molar-refractivity contribution in [2.45, 2.75) is 31.7 Å². The number of imidazole rings is 1. The van der Waals surface area contributed by atoms with Crippen LogP contribution in [-0.4, -0.2) is 27.3 Å². The molecule has 4 nitrogen and oxygen atoms in total. The molecule has 5 heteroatoms. The molecule has 0 radical (unpaired) electrons. The molecular formula is C20H20FN3O. The topological polar surface area (TPSA) is 49.0 Å². The number of rotatable bonds is 4. The summed E-state index contributed by atoms with van der Waals surface area (Å²) < 4.78 is 13.7. The van der Waals surface area contributed by atoms with Gasteiger partial charge in [0.25, 0.3) is 0 Å². The van der Waals surface area contributed by atoms with Crippen LogP contribution in [-0.2, 0) is 11.2 Å². The van der Waals surface area contributed by atoms with Crippen molar-refractivity contribution in [3.05, 3.63) is 65.7 Å². The SMILES string of the molecule is O=C(CCc1ccccc1F)N1CCCC1c1nc2ccccc2[nH]1. The molecule has 128 valence electrons. The van der Waals surface area contributed by atoms with Crippen LogP contribution < -0.4 is 0 Å². The van der Waals surface area contributed by atoms with Gasteiger partial charge in [0.2, 0.25) is 5.91 Å². The molecule has 3 aromatic rings. The van der Waals surface area contributed by atoms with Crippen molar-refractivity contribution < 1.29 is 9.18 Å². The largest absolute Gasteiger partial charge is 0.340 e. The van der Waals surface area contributed by atoms with E-state index in [1.807, 2.05) is 29.2 Å². The van der Waals surface area contributed by atoms with E-state index in [4.69, 9.17) is 0 Å². The number of fused-ring (bicyclic) bond motifs is 1. The summed E-state index contributed by atoms with van der Waals surface area (Å²) in [6.45, 7) is 0.734. The second kappa shape index (κ2) is 6.67. The fraction of sp³-hybridized carbons (Fsp3) is 0.300. The quantitative estimate of drug-likeness (QED) is 0.782. The summed E-state index contributed by atoms with van der Waals surface area (Å²) in [4.78, 5) is 22.6. The van der Waals surface area contributed by atoms with Crippen LogP contribution in [0.3, 0.4) is 0 Å². The van der Waals surface area contributed by atoms with Gasteiger partial charge in [0.05, 0.1) is 17.1 Å². The van der Waals surface area contributed by atoms with E-state index in [0.717, 1.165) is 36.2 Å². The molecule has 0 aliphatic carbocycles. The number of halogens is 1. The molecule has 0 saturated carbocycles. The monoisotopic (exact) mass is 337 g/mol. The Balaban J connectivity index is 1.49. The summed E-state index contributed by atoms with van der Waals surface area (Å²) in [5, 5.41) is 0. The lowest BCUT2D eigenvalue weighted by Crippen LogP contribution is -2.31. The smallest absolute Gasteiger partial charge is 0.223 e. The molecule has 25 heavy (non-hydrogen) atoms. The molecule has 1 fully saturated rings. The van der Waals surface area contributed by atoms with Crippen molar-refractivity contribution in [2.75, 3.05) is 6.54 Å². The zero-order valence-electron chi connectivity index (χ0n) is 13.9. The summed E-state index contributed by atoms with van der Waals surface area (Å²) in [5.41, 5.74) is 2.50. The van der Waals surface area contributed by atoms with Crippen molar-refractivity contribution in [3.8, 4) is 0 Å². The minimum absolute atomic E-state index is 0.0134. The van der Waals surface area contributed by atoms with Crippen LogP contribution >= 0.6 is 0 Å². The van der Waals surface area contributed by atoms with Crippen molar-refractivity contribution >= 4 is 16.9 Å². The first-order valence-electron chi connectivity index (χ1n) is 8.70. The van der Waals surface area contributed by atoms with Gasteiger partial charge in [-0.3, -0.25) is 4.79 Å². The van der Waals surface area contributed by atoms with E-state index in [1.54, 1.807) is 18.2 Å². The maximum Gasteiger partial charge on any atom is 0.223 e. The highest BCUT2D eigenvalue weighted by atomic mass is 19.1. The van der Waals surface area contributed by atoms with Gasteiger partial charge in [-0.1, -0.05) is 30.3 Å². The van der Waals surface area contributed by atoms with Crippen LogP contribution in [0.25, 0.3) is 11.0 Å². The Kier molecular flexibility index (Phi) is 4.22. The van der Waals surface area contributed by atoms with Crippen LogP contribution in [0.15, 0.2) is 48.5 Å². The van der Waals surface area contributed by atoms with Crippen LogP contribution in [0.5, 0.6) is 0 Å². The molecule has 1 aliphatic rings. The van der Waals surface area contributed by atoms with Crippen molar-refractivity contribution in [1.82, 2.24) is 14.9 Å². The third-order valence-electron chi connectivity index (χ3n) is 4.86. The van der Waals surface area contributed by atoms with Gasteiger partial charge in [0.15, 0.2) is 0 Å². The highest BCUT2D eigenvalue weighted by Crippen LogP contribution is 2.32. The zero-order chi connectivity index (χ0) is 17.2. The normalized spacial score (nSPS) is 17.3. The van der Waals surface area contributed by atoms with E-state index in [9.17, 15) is 9.18 Å². The van der Waals surface area contributed by atoms with Crippen molar-refractivity contribution in [2.24, 2.45) is 0 Å². The molecule has 0 spiro atoms. The molecule has 1 saturated heterocycles. The van der Waals surface area contributed by atoms with Crippen LogP contribution in [0.2, 0.25) is 0 Å². The Hall–Kier alpha value is -2.69. The Morgan fingerprint density at radius 3 is 2.84 bits per heavy atom. The van der Waals surface area contributed by atoms with E-state index in [-0.39, 0.29) is 17.8 Å². The zero-order valence-corrected chi connectivity index (χ0v) is 13.9. The van der Waals surface area contributed by atoms with Gasteiger partial charge in [0, 0.05) is 13.0 Å². The number of aromatic nitrogens is 2. The molecule has 1 amide bonds. The Bertz CT molecular complexity index is 872. The fourth-order valence-electron chi connectivity index (χ4n) is 3.57. The predicted molar refractivity (Wildman–Crippen MR) is 94.5 cm³/mol. The highest BCUT2D eigenvalue weighted by molar-refractivity contribution is 5.78. The highest BCUT2D eigenvalue weighted by Gasteiger charge is 2.31. The molecule has 2 heterocycles. The first-order chi connectivity index (χ1) is 12.2. The van der Waals surface area contributed by atoms with Gasteiger partial charge >= 0.3 is 0 Å². The van der Waals surface area contributed by atoms with Crippen molar-refractivity contribution in [3.63, 3.8) is 0 Å². The summed E-state index contributed by atoms with van der Waals surface area (Å²) in [6, 6.07) is 14.5. The van der Waals surface area contributed by atoms with Crippen LogP contribution in [0.1, 0.15) is 36.7 Å². The molecule has 1 unspecified atom stereocenters. The number of hydrogen-bond acceptors (Lipinski definition) is 2. The number of nitrogens with one attached hydrogen (secondary N) is 1. The number of hydrogen-bond donors (Lipinski definition) is 1. The van der Waals surface area contributed by atoms with Gasteiger partial charge in [-0.2, -0.15) is 0 Å². The third kappa shape index (κ3) is 3.14. The summed E-state index contributed by atoms with van der Waals surface area (Å²) in [5.74, 6) is 0.662. The van der Waals surface area contributed by atoms with Crippen molar-refractivity contribution in [1.29, 1.82) is 0 Å². The average molecular weight is 337 g/mol. The minimum Gasteiger partial charge on any atom is -0.340 e. The van der Waals surface area contributed by atoms with Gasteiger partial charge in [-0.15, -0.1) is 0 Å². The number of aryl methyl sites for hydroxylation is 1. The molecule has 1 aromatic heterocycles. The number of aromatic amines is 1. The molecule has 2 aromatic carbocycles. The number of carbonyl (C=O) groups excluding carboxylic acids is 1. The molecule has 1 atom stereocenters. The third-order valence-corrected chi connectivity index (χ3v) is 4.86. The molecule has 4 rings (SSSR count). The minimum atomic E-state index is -0.245. The number of benzene rings is 2. The number of nitrogens with zero attached hydrogens (tertiary/aromatic N) is 2. The molecular weight excluding hydrogens is 317 g/mol. The second-order valence-electron chi connectivity index (χ2n) is 6.48. The van der Waals surface area contributed by atoms with Gasteiger partial charge in [-0.25, -0.2) is 9.37 Å². The van der Waals surface area contributed by atoms with E-state index in [2.05, 4.69) is 9.97 Å². The lowest BCUT2D eigenvalue weighted by molar-refractivity contribution is -0.132. The van der Waals surface area contributed by atoms with Gasteiger partial charge in [0.1, 0.15) is 11.6 Å². The number of carbonyl (C=O) groups is 1. The predicted octanol–water partition coefficient (Wildman–Crippen LogP) is 4.00. The standard InChI is InChI=1S/C20H20FN3O/c21-15-7-2-1-6-14(15)11-12-19(25)24-13-5-10-18(24)20-22-16-8-3-4-9-17(16)23-20/h1-4,6-9,18H,5,10-13H2,(H,22,23). The Morgan fingerprint density at radius 2 is 2.00 bits per heavy atom. The maximum absolute atomic E-state index is 13.7. The Morgan fingerprint density at radius 1 is 1.20 bits per heavy atom. The lowest BCUT2D eigenvalue weighted by Gasteiger charge is -2.23. The average Bonchev–Trinajstić information content (AvgIpc) is 3.27. The first kappa shape index (κ1) is 15.8. The number of likely N-dealkylation sites (tertiary alicyclic amines) is 1. The lowest BCUT2D eigenvalue weighted by atomic mass is 10.1. The van der Waals surface area contributed by atoms with E-state index < -0.39 is 0 Å². The van der Waals surface area contributed by atoms with Gasteiger partial charge < -0.3 is 9.88 Å². The van der Waals surface area contributed by atoms with Crippen LogP contribution in [0.4, 0.5) is 4.39 Å². The Labute approximate surface area is 145 Å². The first-order valence-corrected chi connectivity index (χ1v) is 8.70. The van der Waals surface area contributed by atoms with E-state index >= 15 is 0 Å². The number of amides is 1. The summed E-state index contributed by atoms with van der Waals surface area (Å²) in [7, 11) is 0. The number of H-pyrrole nitrogens is 1. The van der Waals surface area contributed by atoms with E-state index in [1.165, 1.54) is 6.07 Å². The summed E-state index contributed by atoms with van der Waals surface area (Å²) in [6.07, 6.45) is 2.62.